The van der Waals surface area contributed by atoms with Crippen LogP contribution in [0.2, 0.25) is 15.1 Å². The Balaban J connectivity index is 3.53. The zero-order chi connectivity index (χ0) is 10.2. The molecule has 0 amide bonds. The minimum Gasteiger partial charge on any atom is -0.478 e. The number of carboxylic acid groups (broad SMARTS) is 1. The van der Waals surface area contributed by atoms with Gasteiger partial charge in [0.1, 0.15) is 0 Å². The highest BCUT2D eigenvalue weighted by molar-refractivity contribution is 6.49. The van der Waals surface area contributed by atoms with Gasteiger partial charge in [0.25, 0.3) is 0 Å². The molecule has 0 bridgehead atoms. The van der Waals surface area contributed by atoms with Gasteiger partial charge in [-0.2, -0.15) is 0 Å². The number of aryl methyl sites for hydroxylation is 1. The maximum atomic E-state index is 10.7. The Morgan fingerprint density at radius 3 is 2.31 bits per heavy atom. The molecule has 5 heteroatoms. The summed E-state index contributed by atoms with van der Waals surface area (Å²) in [5.41, 5.74) is 0.489. The molecule has 1 aromatic carbocycles. The van der Waals surface area contributed by atoms with Gasteiger partial charge in [0.05, 0.1) is 20.6 Å². The normalized spacial score (nSPS) is 10.2. The zero-order valence-electron chi connectivity index (χ0n) is 6.57. The summed E-state index contributed by atoms with van der Waals surface area (Å²) >= 11 is 17.1. The van der Waals surface area contributed by atoms with E-state index in [0.29, 0.717) is 5.56 Å². The fourth-order valence-corrected chi connectivity index (χ4v) is 1.76. The summed E-state index contributed by atoms with van der Waals surface area (Å²) in [4.78, 5) is 10.7. The molecule has 1 rings (SSSR count). The van der Waals surface area contributed by atoms with Crippen LogP contribution < -0.4 is 0 Å². The molecule has 0 aliphatic carbocycles. The van der Waals surface area contributed by atoms with Crippen molar-refractivity contribution < 1.29 is 9.90 Å². The smallest absolute Gasteiger partial charge is 0.337 e. The lowest BCUT2D eigenvalue weighted by atomic mass is 10.1. The van der Waals surface area contributed by atoms with Gasteiger partial charge in [0.2, 0.25) is 0 Å². The average Bonchev–Trinajstić information content (AvgIpc) is 1.99. The van der Waals surface area contributed by atoms with Crippen LogP contribution in [0.4, 0.5) is 0 Å². The number of carbonyl (C=O) groups is 1. The monoisotopic (exact) mass is 238 g/mol. The average molecular weight is 239 g/mol. The van der Waals surface area contributed by atoms with E-state index in [-0.39, 0.29) is 20.6 Å². The number of carboxylic acids is 1. The number of halogens is 3. The van der Waals surface area contributed by atoms with E-state index < -0.39 is 5.97 Å². The molecule has 0 spiro atoms. The molecule has 0 saturated carbocycles. The van der Waals surface area contributed by atoms with Gasteiger partial charge in [-0.3, -0.25) is 0 Å². The molecule has 0 heterocycles. The van der Waals surface area contributed by atoms with Crippen molar-refractivity contribution in [1.82, 2.24) is 0 Å². The van der Waals surface area contributed by atoms with Crippen LogP contribution in [0, 0.1) is 6.92 Å². The van der Waals surface area contributed by atoms with Crippen molar-refractivity contribution in [2.75, 3.05) is 0 Å². The molecule has 1 aromatic rings. The molecule has 1 N–H and O–H groups in total. The summed E-state index contributed by atoms with van der Waals surface area (Å²) in [6.45, 7) is 1.61. The van der Waals surface area contributed by atoms with Gasteiger partial charge >= 0.3 is 5.97 Å². The van der Waals surface area contributed by atoms with Crippen molar-refractivity contribution in [1.29, 1.82) is 0 Å². The van der Waals surface area contributed by atoms with Crippen LogP contribution in [-0.2, 0) is 0 Å². The van der Waals surface area contributed by atoms with Gasteiger partial charge in [-0.15, -0.1) is 0 Å². The van der Waals surface area contributed by atoms with Crippen molar-refractivity contribution in [2.45, 2.75) is 6.92 Å². The minimum absolute atomic E-state index is 0.00364. The second kappa shape index (κ2) is 3.74. The lowest BCUT2D eigenvalue weighted by molar-refractivity contribution is 0.0696. The van der Waals surface area contributed by atoms with E-state index in [4.69, 9.17) is 39.9 Å². The zero-order valence-corrected chi connectivity index (χ0v) is 8.83. The van der Waals surface area contributed by atoms with Crippen molar-refractivity contribution in [3.63, 3.8) is 0 Å². The van der Waals surface area contributed by atoms with Gasteiger partial charge in [0, 0.05) is 0 Å². The molecule has 70 valence electrons. The van der Waals surface area contributed by atoms with Gasteiger partial charge in [-0.25, -0.2) is 4.79 Å². The SMILES string of the molecule is Cc1cc(Cl)c(Cl)c(Cl)c1C(=O)O. The number of hydrogen-bond donors (Lipinski definition) is 1. The molecule has 0 fully saturated rings. The van der Waals surface area contributed by atoms with E-state index in [0.717, 1.165) is 0 Å². The van der Waals surface area contributed by atoms with E-state index in [2.05, 4.69) is 0 Å². The molecule has 0 unspecified atom stereocenters. The van der Waals surface area contributed by atoms with Gasteiger partial charge in [0.15, 0.2) is 0 Å². The Hall–Kier alpha value is -0.440. The topological polar surface area (TPSA) is 37.3 Å². The molecular weight excluding hydrogens is 234 g/mol. The second-order valence-corrected chi connectivity index (χ2v) is 3.65. The number of hydrogen-bond acceptors (Lipinski definition) is 1. The highest BCUT2D eigenvalue weighted by Crippen LogP contribution is 2.34. The predicted molar refractivity (Wildman–Crippen MR) is 53.2 cm³/mol. The maximum absolute atomic E-state index is 10.7. The van der Waals surface area contributed by atoms with Crippen molar-refractivity contribution in [3.05, 3.63) is 32.3 Å². The molecule has 0 radical (unpaired) electrons. The number of benzene rings is 1. The Kier molecular flexibility index (Phi) is 3.06. The standard InChI is InChI=1S/C8H5Cl3O2/c1-3-2-4(9)6(10)7(11)5(3)8(12)13/h2H,1H3,(H,12,13). The van der Waals surface area contributed by atoms with Crippen molar-refractivity contribution >= 4 is 40.8 Å². The quantitative estimate of drug-likeness (QED) is 0.760. The van der Waals surface area contributed by atoms with E-state index in [1.54, 1.807) is 6.92 Å². The summed E-state index contributed by atoms with van der Waals surface area (Å²) < 4.78 is 0. The third kappa shape index (κ3) is 1.90. The van der Waals surface area contributed by atoms with Crippen LogP contribution in [0.1, 0.15) is 15.9 Å². The number of rotatable bonds is 1. The molecule has 2 nitrogen and oxygen atoms in total. The van der Waals surface area contributed by atoms with Gasteiger partial charge < -0.3 is 5.11 Å². The summed E-state index contributed by atoms with van der Waals surface area (Å²) in [5, 5.41) is 9.09. The van der Waals surface area contributed by atoms with Crippen molar-refractivity contribution in [3.8, 4) is 0 Å². The lowest BCUT2D eigenvalue weighted by Gasteiger charge is -2.06. The molecule has 0 atom stereocenters. The van der Waals surface area contributed by atoms with Crippen molar-refractivity contribution in [2.24, 2.45) is 0 Å². The molecule has 0 aliphatic heterocycles. The third-order valence-electron chi connectivity index (χ3n) is 1.57. The van der Waals surface area contributed by atoms with Crippen LogP contribution in [0.15, 0.2) is 6.07 Å². The van der Waals surface area contributed by atoms with Crippen LogP contribution in [-0.4, -0.2) is 11.1 Å². The first-order valence-electron chi connectivity index (χ1n) is 3.32. The fraction of sp³-hybridized carbons (Fsp3) is 0.125. The lowest BCUT2D eigenvalue weighted by Crippen LogP contribution is -2.01. The summed E-state index contributed by atoms with van der Waals surface area (Å²) in [7, 11) is 0. The second-order valence-electron chi connectivity index (χ2n) is 2.48. The summed E-state index contributed by atoms with van der Waals surface area (Å²) in [6, 6.07) is 1.47. The van der Waals surface area contributed by atoms with Gasteiger partial charge in [-0.1, -0.05) is 34.8 Å². The number of aromatic carboxylic acids is 1. The van der Waals surface area contributed by atoms with Crippen LogP contribution in [0.25, 0.3) is 0 Å². The summed E-state index contributed by atoms with van der Waals surface area (Å²) in [6.07, 6.45) is 0. The van der Waals surface area contributed by atoms with E-state index in [1.165, 1.54) is 6.07 Å². The van der Waals surface area contributed by atoms with E-state index in [9.17, 15) is 4.79 Å². The van der Waals surface area contributed by atoms with Crippen LogP contribution >= 0.6 is 34.8 Å². The van der Waals surface area contributed by atoms with Crippen LogP contribution in [0.3, 0.4) is 0 Å². The fourth-order valence-electron chi connectivity index (χ4n) is 0.976. The first kappa shape index (κ1) is 10.6. The molecule has 0 aliphatic rings. The Morgan fingerprint density at radius 2 is 1.85 bits per heavy atom. The van der Waals surface area contributed by atoms with Crippen LogP contribution in [0.5, 0.6) is 0 Å². The highest BCUT2D eigenvalue weighted by atomic mass is 35.5. The van der Waals surface area contributed by atoms with E-state index >= 15 is 0 Å². The molecular formula is C8H5Cl3O2. The highest BCUT2D eigenvalue weighted by Gasteiger charge is 2.17. The first-order chi connectivity index (χ1) is 5.95. The maximum Gasteiger partial charge on any atom is 0.337 e. The Labute approximate surface area is 90.0 Å². The molecule has 13 heavy (non-hydrogen) atoms. The van der Waals surface area contributed by atoms with Gasteiger partial charge in [-0.05, 0) is 18.6 Å². The largest absolute Gasteiger partial charge is 0.478 e. The first-order valence-corrected chi connectivity index (χ1v) is 4.46. The Morgan fingerprint density at radius 1 is 1.31 bits per heavy atom. The summed E-state index contributed by atoms with van der Waals surface area (Å²) in [5.74, 6) is -1.11. The van der Waals surface area contributed by atoms with E-state index in [1.807, 2.05) is 0 Å². The Bertz CT molecular complexity index is 374. The molecule has 0 saturated heterocycles. The third-order valence-corrected chi connectivity index (χ3v) is 2.84. The predicted octanol–water partition coefficient (Wildman–Crippen LogP) is 3.65. The minimum atomic E-state index is -1.11. The molecule has 0 aromatic heterocycles.